The SMILES string of the molecule is O=C(O)c1ccc(NNC(=O)C2CCCN2C(=O)NC2CC2)cc1. The van der Waals surface area contributed by atoms with Crippen LogP contribution in [-0.4, -0.2) is 46.5 Å². The molecular weight excluding hydrogens is 312 g/mol. The molecule has 0 bridgehead atoms. The standard InChI is InChI=1S/C16H20N4O4/c21-14(19-18-12-5-3-10(4-6-12)15(22)23)13-2-1-9-20(13)16(24)17-11-7-8-11/h3-6,11,13,18H,1-2,7-9H2,(H,17,24)(H,19,21)(H,22,23). The summed E-state index contributed by atoms with van der Waals surface area (Å²) in [4.78, 5) is 36.8. The number of nitrogens with zero attached hydrogens (tertiary/aromatic N) is 1. The minimum absolute atomic E-state index is 0.172. The quantitative estimate of drug-likeness (QED) is 0.605. The number of carbonyl (C=O) groups is 3. The van der Waals surface area contributed by atoms with Gasteiger partial charge < -0.3 is 15.3 Å². The highest BCUT2D eigenvalue weighted by molar-refractivity contribution is 5.89. The predicted octanol–water partition coefficient (Wildman–Crippen LogP) is 1.16. The van der Waals surface area contributed by atoms with Crippen LogP contribution >= 0.6 is 0 Å². The first-order valence-electron chi connectivity index (χ1n) is 8.01. The lowest BCUT2D eigenvalue weighted by molar-refractivity contribution is -0.124. The molecule has 24 heavy (non-hydrogen) atoms. The van der Waals surface area contributed by atoms with Crippen molar-refractivity contribution in [2.24, 2.45) is 0 Å². The maximum Gasteiger partial charge on any atom is 0.335 e. The molecule has 1 unspecified atom stereocenters. The molecule has 1 heterocycles. The Morgan fingerprint density at radius 3 is 2.42 bits per heavy atom. The number of carboxylic acid groups (broad SMARTS) is 1. The molecule has 0 aromatic heterocycles. The summed E-state index contributed by atoms with van der Waals surface area (Å²) in [5.41, 5.74) is 6.08. The molecule has 8 nitrogen and oxygen atoms in total. The number of hydrazine groups is 1. The number of urea groups is 1. The van der Waals surface area contributed by atoms with Crippen LogP contribution in [0.15, 0.2) is 24.3 Å². The van der Waals surface area contributed by atoms with Gasteiger partial charge in [-0.25, -0.2) is 9.59 Å². The Balaban J connectivity index is 1.53. The number of benzene rings is 1. The van der Waals surface area contributed by atoms with Crippen molar-refractivity contribution in [3.63, 3.8) is 0 Å². The smallest absolute Gasteiger partial charge is 0.335 e. The van der Waals surface area contributed by atoms with Crippen LogP contribution in [0.25, 0.3) is 0 Å². The van der Waals surface area contributed by atoms with Crippen LogP contribution in [0.1, 0.15) is 36.0 Å². The summed E-state index contributed by atoms with van der Waals surface area (Å²) in [6.07, 6.45) is 3.43. The van der Waals surface area contributed by atoms with Gasteiger partial charge in [-0.3, -0.25) is 15.6 Å². The fourth-order valence-corrected chi connectivity index (χ4v) is 2.68. The third-order valence-electron chi connectivity index (χ3n) is 4.18. The van der Waals surface area contributed by atoms with Crippen LogP contribution in [0.5, 0.6) is 0 Å². The molecule has 1 saturated carbocycles. The van der Waals surface area contributed by atoms with Crippen molar-refractivity contribution in [2.75, 3.05) is 12.0 Å². The Morgan fingerprint density at radius 2 is 1.79 bits per heavy atom. The molecule has 1 aromatic rings. The second-order valence-electron chi connectivity index (χ2n) is 6.07. The molecule has 8 heteroatoms. The second-order valence-corrected chi connectivity index (χ2v) is 6.07. The maximum atomic E-state index is 12.3. The Bertz CT molecular complexity index is 642. The topological polar surface area (TPSA) is 111 Å². The summed E-state index contributed by atoms with van der Waals surface area (Å²) in [6.45, 7) is 0.573. The van der Waals surface area contributed by atoms with Crippen LogP contribution in [0, 0.1) is 0 Å². The van der Waals surface area contributed by atoms with E-state index < -0.39 is 12.0 Å². The zero-order valence-electron chi connectivity index (χ0n) is 13.1. The zero-order chi connectivity index (χ0) is 17.1. The molecule has 0 spiro atoms. The molecule has 128 valence electrons. The fraction of sp³-hybridized carbons (Fsp3) is 0.438. The van der Waals surface area contributed by atoms with Gasteiger partial charge in [0.25, 0.3) is 5.91 Å². The molecule has 2 aliphatic rings. The van der Waals surface area contributed by atoms with Crippen molar-refractivity contribution in [1.82, 2.24) is 15.6 Å². The summed E-state index contributed by atoms with van der Waals surface area (Å²) in [7, 11) is 0. The van der Waals surface area contributed by atoms with E-state index in [0.717, 1.165) is 19.3 Å². The van der Waals surface area contributed by atoms with Crippen LogP contribution in [-0.2, 0) is 4.79 Å². The van der Waals surface area contributed by atoms with Crippen molar-refractivity contribution >= 4 is 23.6 Å². The van der Waals surface area contributed by atoms with E-state index in [2.05, 4.69) is 16.2 Å². The highest BCUT2D eigenvalue weighted by Gasteiger charge is 2.36. The van der Waals surface area contributed by atoms with E-state index >= 15 is 0 Å². The molecule has 3 amide bonds. The Labute approximate surface area is 139 Å². The van der Waals surface area contributed by atoms with Gasteiger partial charge in [0, 0.05) is 12.6 Å². The molecule has 1 saturated heterocycles. The van der Waals surface area contributed by atoms with E-state index in [1.54, 1.807) is 17.0 Å². The van der Waals surface area contributed by atoms with Gasteiger partial charge in [0.1, 0.15) is 6.04 Å². The summed E-state index contributed by atoms with van der Waals surface area (Å²) < 4.78 is 0. The van der Waals surface area contributed by atoms with Crippen LogP contribution in [0.3, 0.4) is 0 Å². The largest absolute Gasteiger partial charge is 0.478 e. The summed E-state index contributed by atoms with van der Waals surface area (Å²) in [5.74, 6) is -1.28. The summed E-state index contributed by atoms with van der Waals surface area (Å²) in [6, 6.07) is 5.61. The first-order chi connectivity index (χ1) is 11.5. The molecule has 1 aromatic carbocycles. The van der Waals surface area contributed by atoms with E-state index in [1.807, 2.05) is 0 Å². The van der Waals surface area contributed by atoms with Crippen molar-refractivity contribution in [1.29, 1.82) is 0 Å². The fourth-order valence-electron chi connectivity index (χ4n) is 2.68. The number of hydrogen-bond acceptors (Lipinski definition) is 4. The van der Waals surface area contributed by atoms with Gasteiger partial charge in [-0.15, -0.1) is 0 Å². The summed E-state index contributed by atoms with van der Waals surface area (Å²) >= 11 is 0. The molecular formula is C16H20N4O4. The van der Waals surface area contributed by atoms with Crippen LogP contribution < -0.4 is 16.2 Å². The highest BCUT2D eigenvalue weighted by atomic mass is 16.4. The molecule has 1 aliphatic carbocycles. The van der Waals surface area contributed by atoms with Gasteiger partial charge in [-0.2, -0.15) is 0 Å². The van der Waals surface area contributed by atoms with Gasteiger partial charge in [0.2, 0.25) is 0 Å². The molecule has 1 aliphatic heterocycles. The van der Waals surface area contributed by atoms with Gasteiger partial charge in [-0.05, 0) is 49.9 Å². The number of carbonyl (C=O) groups excluding carboxylic acids is 2. The minimum Gasteiger partial charge on any atom is -0.478 e. The number of hydrogen-bond donors (Lipinski definition) is 4. The third-order valence-corrected chi connectivity index (χ3v) is 4.18. The van der Waals surface area contributed by atoms with E-state index in [0.29, 0.717) is 18.7 Å². The minimum atomic E-state index is -1.01. The zero-order valence-corrected chi connectivity index (χ0v) is 13.1. The van der Waals surface area contributed by atoms with Gasteiger partial charge in [-0.1, -0.05) is 0 Å². The van der Waals surface area contributed by atoms with Crippen molar-refractivity contribution in [2.45, 2.75) is 37.8 Å². The highest BCUT2D eigenvalue weighted by Crippen LogP contribution is 2.22. The number of nitrogens with one attached hydrogen (secondary N) is 3. The average Bonchev–Trinajstić information content (AvgIpc) is 3.24. The van der Waals surface area contributed by atoms with Crippen molar-refractivity contribution in [3.8, 4) is 0 Å². The monoisotopic (exact) mass is 332 g/mol. The second kappa shape index (κ2) is 6.77. The molecule has 2 fully saturated rings. The first kappa shape index (κ1) is 16.1. The lowest BCUT2D eigenvalue weighted by Crippen LogP contribution is -2.50. The van der Waals surface area contributed by atoms with E-state index in [9.17, 15) is 14.4 Å². The average molecular weight is 332 g/mol. The first-order valence-corrected chi connectivity index (χ1v) is 8.01. The Morgan fingerprint density at radius 1 is 1.08 bits per heavy atom. The van der Waals surface area contributed by atoms with Gasteiger partial charge in [0.05, 0.1) is 11.3 Å². The van der Waals surface area contributed by atoms with E-state index in [-0.39, 0.29) is 23.5 Å². The van der Waals surface area contributed by atoms with Crippen molar-refractivity contribution < 1.29 is 19.5 Å². The Hall–Kier alpha value is -2.77. The van der Waals surface area contributed by atoms with Gasteiger partial charge in [0.15, 0.2) is 0 Å². The van der Waals surface area contributed by atoms with Crippen LogP contribution in [0.4, 0.5) is 10.5 Å². The third kappa shape index (κ3) is 3.76. The van der Waals surface area contributed by atoms with Gasteiger partial charge >= 0.3 is 12.0 Å². The maximum absolute atomic E-state index is 12.3. The molecule has 0 radical (unpaired) electrons. The van der Waals surface area contributed by atoms with E-state index in [1.165, 1.54) is 12.1 Å². The Kier molecular flexibility index (Phi) is 4.54. The number of carboxylic acids is 1. The number of likely N-dealkylation sites (tertiary alicyclic amines) is 1. The predicted molar refractivity (Wildman–Crippen MR) is 86.4 cm³/mol. The lowest BCUT2D eigenvalue weighted by Gasteiger charge is -2.24. The normalized spacial score (nSPS) is 19.7. The number of amides is 3. The number of rotatable bonds is 5. The molecule has 3 rings (SSSR count). The molecule has 1 atom stereocenters. The molecule has 4 N–H and O–H groups in total. The summed E-state index contributed by atoms with van der Waals surface area (Å²) in [5, 5.41) is 11.8. The number of anilines is 1. The lowest BCUT2D eigenvalue weighted by atomic mass is 10.2. The van der Waals surface area contributed by atoms with Crippen LogP contribution in [0.2, 0.25) is 0 Å². The van der Waals surface area contributed by atoms with E-state index in [4.69, 9.17) is 5.11 Å². The number of aromatic carboxylic acids is 1. The van der Waals surface area contributed by atoms with Crippen molar-refractivity contribution in [3.05, 3.63) is 29.8 Å².